The van der Waals surface area contributed by atoms with E-state index in [4.69, 9.17) is 5.73 Å². The standard InChI is InChI=1S/C19H19FN4O/c1-3-9-22-19(25)18-16(21)14-6-4-5-13(17(14)23-24-18)15-10-12(20)8-7-11(15)2/h4-8,10H,3,9H2,1-2H3,(H2,21,23)(H,22,25). The first-order valence-corrected chi connectivity index (χ1v) is 8.12. The van der Waals surface area contributed by atoms with Crippen LogP contribution >= 0.6 is 0 Å². The second-order valence-corrected chi connectivity index (χ2v) is 5.88. The fourth-order valence-electron chi connectivity index (χ4n) is 2.74. The molecule has 1 heterocycles. The number of carbonyl (C=O) groups excluding carboxylic acids is 1. The van der Waals surface area contributed by atoms with Gasteiger partial charge >= 0.3 is 0 Å². The quantitative estimate of drug-likeness (QED) is 0.763. The largest absolute Gasteiger partial charge is 0.396 e. The van der Waals surface area contributed by atoms with E-state index in [1.54, 1.807) is 12.1 Å². The van der Waals surface area contributed by atoms with Gasteiger partial charge in [-0.2, -0.15) is 0 Å². The molecular formula is C19H19FN4O. The number of aromatic nitrogens is 2. The van der Waals surface area contributed by atoms with Gasteiger partial charge in [0.25, 0.3) is 5.91 Å². The van der Waals surface area contributed by atoms with E-state index >= 15 is 0 Å². The normalized spacial score (nSPS) is 10.8. The molecule has 0 fully saturated rings. The number of nitrogens with one attached hydrogen (secondary N) is 1. The van der Waals surface area contributed by atoms with Crippen molar-refractivity contribution in [1.29, 1.82) is 0 Å². The molecule has 0 saturated carbocycles. The monoisotopic (exact) mass is 338 g/mol. The van der Waals surface area contributed by atoms with Crippen LogP contribution in [-0.4, -0.2) is 22.6 Å². The van der Waals surface area contributed by atoms with Gasteiger partial charge in [0.2, 0.25) is 0 Å². The van der Waals surface area contributed by atoms with Gasteiger partial charge in [-0.15, -0.1) is 10.2 Å². The number of amides is 1. The van der Waals surface area contributed by atoms with Crippen LogP contribution in [0.1, 0.15) is 29.4 Å². The van der Waals surface area contributed by atoms with Crippen LogP contribution in [0, 0.1) is 12.7 Å². The van der Waals surface area contributed by atoms with Gasteiger partial charge in [0.05, 0.1) is 5.69 Å². The summed E-state index contributed by atoms with van der Waals surface area (Å²) in [5.74, 6) is -0.671. The lowest BCUT2D eigenvalue weighted by molar-refractivity contribution is 0.0949. The predicted octanol–water partition coefficient (Wildman–Crippen LogP) is 3.47. The van der Waals surface area contributed by atoms with Crippen molar-refractivity contribution < 1.29 is 9.18 Å². The van der Waals surface area contributed by atoms with Crippen LogP contribution in [0.2, 0.25) is 0 Å². The number of halogens is 1. The number of rotatable bonds is 4. The van der Waals surface area contributed by atoms with Crippen molar-refractivity contribution in [2.24, 2.45) is 0 Å². The summed E-state index contributed by atoms with van der Waals surface area (Å²) in [7, 11) is 0. The Hall–Kier alpha value is -3.02. The fraction of sp³-hybridized carbons (Fsp3) is 0.211. The van der Waals surface area contributed by atoms with Crippen LogP contribution in [0.25, 0.3) is 22.0 Å². The van der Waals surface area contributed by atoms with Crippen molar-refractivity contribution in [1.82, 2.24) is 15.5 Å². The SMILES string of the molecule is CCCNC(=O)c1nnc2c(-c3cc(F)ccc3C)cccc2c1N. The van der Waals surface area contributed by atoms with Gasteiger partial charge in [0.15, 0.2) is 5.69 Å². The minimum absolute atomic E-state index is 0.106. The van der Waals surface area contributed by atoms with Crippen LogP contribution in [0.4, 0.5) is 10.1 Å². The second-order valence-electron chi connectivity index (χ2n) is 5.88. The maximum absolute atomic E-state index is 13.7. The molecule has 6 heteroatoms. The number of hydrogen-bond donors (Lipinski definition) is 2. The highest BCUT2D eigenvalue weighted by molar-refractivity contribution is 6.07. The Bertz CT molecular complexity index is 956. The van der Waals surface area contributed by atoms with Crippen molar-refractivity contribution in [3.63, 3.8) is 0 Å². The van der Waals surface area contributed by atoms with Gasteiger partial charge in [0, 0.05) is 17.5 Å². The lowest BCUT2D eigenvalue weighted by Crippen LogP contribution is -2.26. The van der Waals surface area contributed by atoms with E-state index in [9.17, 15) is 9.18 Å². The van der Waals surface area contributed by atoms with Crippen molar-refractivity contribution in [2.45, 2.75) is 20.3 Å². The molecule has 0 aliphatic heterocycles. The highest BCUT2D eigenvalue weighted by atomic mass is 19.1. The van der Waals surface area contributed by atoms with E-state index < -0.39 is 0 Å². The third-order valence-electron chi connectivity index (χ3n) is 4.07. The summed E-state index contributed by atoms with van der Waals surface area (Å²) in [6, 6.07) is 10.0. The summed E-state index contributed by atoms with van der Waals surface area (Å²) in [4.78, 5) is 12.2. The number of benzene rings is 2. The number of carbonyl (C=O) groups is 1. The predicted molar refractivity (Wildman–Crippen MR) is 96.7 cm³/mol. The van der Waals surface area contributed by atoms with Crippen LogP contribution in [0.3, 0.4) is 0 Å². The van der Waals surface area contributed by atoms with E-state index in [0.717, 1.165) is 23.1 Å². The molecule has 3 aromatic rings. The minimum Gasteiger partial charge on any atom is -0.396 e. The average Bonchev–Trinajstić information content (AvgIpc) is 2.62. The topological polar surface area (TPSA) is 80.9 Å². The molecule has 0 aliphatic carbocycles. The number of fused-ring (bicyclic) bond motifs is 1. The molecule has 128 valence electrons. The summed E-state index contributed by atoms with van der Waals surface area (Å²) in [6.07, 6.45) is 0.815. The number of nitrogen functional groups attached to an aromatic ring is 1. The Morgan fingerprint density at radius 1 is 1.20 bits per heavy atom. The number of aryl methyl sites for hydroxylation is 1. The van der Waals surface area contributed by atoms with Crippen LogP contribution in [0.5, 0.6) is 0 Å². The number of nitrogens with two attached hydrogens (primary N) is 1. The molecule has 0 unspecified atom stereocenters. The van der Waals surface area contributed by atoms with Crippen molar-refractivity contribution in [3.8, 4) is 11.1 Å². The molecule has 0 bridgehead atoms. The Morgan fingerprint density at radius 2 is 2.00 bits per heavy atom. The molecule has 25 heavy (non-hydrogen) atoms. The number of nitrogens with zero attached hydrogens (tertiary/aromatic N) is 2. The maximum atomic E-state index is 13.7. The fourth-order valence-corrected chi connectivity index (χ4v) is 2.74. The van der Waals surface area contributed by atoms with Crippen LogP contribution in [-0.2, 0) is 0 Å². The van der Waals surface area contributed by atoms with Gasteiger partial charge in [-0.3, -0.25) is 4.79 Å². The van der Waals surface area contributed by atoms with E-state index in [1.807, 2.05) is 26.0 Å². The molecule has 0 atom stereocenters. The Labute approximate surface area is 145 Å². The first kappa shape index (κ1) is 16.8. The average molecular weight is 338 g/mol. The Kier molecular flexibility index (Phi) is 4.61. The zero-order chi connectivity index (χ0) is 18.0. The molecule has 2 aromatic carbocycles. The van der Waals surface area contributed by atoms with E-state index in [0.29, 0.717) is 17.4 Å². The molecule has 0 spiro atoms. The Balaban J connectivity index is 2.16. The Morgan fingerprint density at radius 3 is 2.76 bits per heavy atom. The van der Waals surface area contributed by atoms with Crippen LogP contribution in [0.15, 0.2) is 36.4 Å². The van der Waals surface area contributed by atoms with Crippen molar-refractivity contribution >= 4 is 22.5 Å². The molecule has 3 N–H and O–H groups in total. The van der Waals surface area contributed by atoms with Gasteiger partial charge < -0.3 is 11.1 Å². The molecule has 0 radical (unpaired) electrons. The number of anilines is 1. The molecule has 3 rings (SSSR count). The molecule has 0 aliphatic rings. The van der Waals surface area contributed by atoms with Crippen LogP contribution < -0.4 is 11.1 Å². The first-order chi connectivity index (χ1) is 12.0. The second kappa shape index (κ2) is 6.84. The third kappa shape index (κ3) is 3.15. The summed E-state index contributed by atoms with van der Waals surface area (Å²) < 4.78 is 13.7. The highest BCUT2D eigenvalue weighted by Crippen LogP contribution is 2.32. The van der Waals surface area contributed by atoms with Gasteiger partial charge in [0.1, 0.15) is 11.3 Å². The molecule has 5 nitrogen and oxygen atoms in total. The van der Waals surface area contributed by atoms with Gasteiger partial charge in [-0.05, 0) is 36.6 Å². The smallest absolute Gasteiger partial charge is 0.273 e. The van der Waals surface area contributed by atoms with E-state index in [2.05, 4.69) is 15.5 Å². The van der Waals surface area contributed by atoms with Crippen molar-refractivity contribution in [3.05, 3.63) is 53.5 Å². The molecule has 1 amide bonds. The van der Waals surface area contributed by atoms with Gasteiger partial charge in [-0.1, -0.05) is 31.2 Å². The summed E-state index contributed by atoms with van der Waals surface area (Å²) in [5, 5.41) is 11.6. The summed E-state index contributed by atoms with van der Waals surface area (Å²) >= 11 is 0. The van der Waals surface area contributed by atoms with Crippen molar-refractivity contribution in [2.75, 3.05) is 12.3 Å². The third-order valence-corrected chi connectivity index (χ3v) is 4.07. The zero-order valence-electron chi connectivity index (χ0n) is 14.1. The van der Waals surface area contributed by atoms with E-state index in [1.165, 1.54) is 12.1 Å². The molecule has 1 aromatic heterocycles. The molecule has 0 saturated heterocycles. The minimum atomic E-state index is -0.346. The zero-order valence-corrected chi connectivity index (χ0v) is 14.1. The van der Waals surface area contributed by atoms with E-state index in [-0.39, 0.29) is 23.1 Å². The number of hydrogen-bond acceptors (Lipinski definition) is 4. The highest BCUT2D eigenvalue weighted by Gasteiger charge is 2.17. The lowest BCUT2D eigenvalue weighted by Gasteiger charge is -2.12. The summed E-state index contributed by atoms with van der Waals surface area (Å²) in [6.45, 7) is 4.40. The lowest BCUT2D eigenvalue weighted by atomic mass is 9.97. The molecular weight excluding hydrogens is 319 g/mol. The first-order valence-electron chi connectivity index (χ1n) is 8.12. The van der Waals surface area contributed by atoms with Gasteiger partial charge in [-0.25, -0.2) is 4.39 Å². The summed E-state index contributed by atoms with van der Waals surface area (Å²) in [5.41, 5.74) is 9.46. The maximum Gasteiger partial charge on any atom is 0.273 e.